The summed E-state index contributed by atoms with van der Waals surface area (Å²) >= 11 is 1.67. The van der Waals surface area contributed by atoms with Gasteiger partial charge in [-0.3, -0.25) is 0 Å². The molecular formula is C11H15N3OS. The average molecular weight is 237 g/mol. The zero-order valence-corrected chi connectivity index (χ0v) is 10.5. The summed E-state index contributed by atoms with van der Waals surface area (Å²) in [6.45, 7) is 6.71. The Labute approximate surface area is 98.7 Å². The monoisotopic (exact) mass is 237 g/mol. The van der Waals surface area contributed by atoms with E-state index in [1.54, 1.807) is 11.3 Å². The number of aromatic nitrogens is 2. The summed E-state index contributed by atoms with van der Waals surface area (Å²) in [5.41, 5.74) is 1.99. The minimum atomic E-state index is 0.232. The Balaban J connectivity index is 1.91. The van der Waals surface area contributed by atoms with Crippen LogP contribution in [-0.2, 0) is 6.54 Å². The molecule has 2 aromatic heterocycles. The Kier molecular flexibility index (Phi) is 3.36. The predicted octanol–water partition coefficient (Wildman–Crippen LogP) is 2.60. The van der Waals surface area contributed by atoms with Gasteiger partial charge < -0.3 is 9.84 Å². The van der Waals surface area contributed by atoms with Crippen LogP contribution in [0.4, 0.5) is 0 Å². The molecule has 2 aromatic rings. The largest absolute Gasteiger partial charge is 0.360 e. The van der Waals surface area contributed by atoms with Gasteiger partial charge in [0.2, 0.25) is 0 Å². The van der Waals surface area contributed by atoms with E-state index in [4.69, 9.17) is 4.52 Å². The predicted molar refractivity (Wildman–Crippen MR) is 63.3 cm³/mol. The van der Waals surface area contributed by atoms with Crippen LogP contribution in [-0.4, -0.2) is 10.1 Å². The molecule has 0 saturated carbocycles. The lowest BCUT2D eigenvalue weighted by Crippen LogP contribution is -2.18. The second-order valence-electron chi connectivity index (χ2n) is 3.83. The van der Waals surface area contributed by atoms with Crippen molar-refractivity contribution in [2.24, 2.45) is 0 Å². The van der Waals surface area contributed by atoms with Crippen molar-refractivity contribution in [2.45, 2.75) is 33.4 Å². The van der Waals surface area contributed by atoms with E-state index in [0.29, 0.717) is 6.54 Å². The van der Waals surface area contributed by atoms with Crippen molar-refractivity contribution < 1.29 is 4.52 Å². The summed E-state index contributed by atoms with van der Waals surface area (Å²) in [6, 6.07) is 2.17. The van der Waals surface area contributed by atoms with Crippen LogP contribution in [0.5, 0.6) is 0 Å². The quantitative estimate of drug-likeness (QED) is 0.888. The third-order valence-electron chi connectivity index (χ3n) is 2.34. The molecule has 1 atom stereocenters. The van der Waals surface area contributed by atoms with Crippen LogP contribution in [0.2, 0.25) is 0 Å². The van der Waals surface area contributed by atoms with Gasteiger partial charge in [-0.25, -0.2) is 4.98 Å². The normalized spacial score (nSPS) is 12.9. The standard InChI is InChI=1S/C11H15N3OS/c1-7-4-10(15-14-7)5-12-8(2)11-6-16-9(3)13-11/h4,6,8,12H,5H2,1-3H3. The van der Waals surface area contributed by atoms with E-state index in [2.05, 4.69) is 27.8 Å². The molecule has 2 heterocycles. The van der Waals surface area contributed by atoms with Gasteiger partial charge in [-0.15, -0.1) is 11.3 Å². The van der Waals surface area contributed by atoms with Crippen molar-refractivity contribution in [2.75, 3.05) is 0 Å². The molecule has 0 fully saturated rings. The van der Waals surface area contributed by atoms with Crippen molar-refractivity contribution in [3.8, 4) is 0 Å². The Bertz CT molecular complexity index is 463. The van der Waals surface area contributed by atoms with Crippen LogP contribution in [0, 0.1) is 13.8 Å². The molecule has 2 rings (SSSR count). The third-order valence-corrected chi connectivity index (χ3v) is 3.13. The summed E-state index contributed by atoms with van der Waals surface area (Å²) in [6.07, 6.45) is 0. The fourth-order valence-electron chi connectivity index (χ4n) is 1.44. The minimum absolute atomic E-state index is 0.232. The molecule has 1 N–H and O–H groups in total. The molecule has 1 unspecified atom stereocenters. The fraction of sp³-hybridized carbons (Fsp3) is 0.455. The SMILES string of the molecule is Cc1cc(CNC(C)c2csc(C)n2)on1. The molecule has 0 aliphatic carbocycles. The van der Waals surface area contributed by atoms with Crippen LogP contribution < -0.4 is 5.32 Å². The topological polar surface area (TPSA) is 51.0 Å². The van der Waals surface area contributed by atoms with Crippen LogP contribution in [0.25, 0.3) is 0 Å². The highest BCUT2D eigenvalue weighted by molar-refractivity contribution is 7.09. The Morgan fingerprint density at radius 3 is 2.88 bits per heavy atom. The van der Waals surface area contributed by atoms with Gasteiger partial charge in [0.25, 0.3) is 0 Å². The molecule has 0 aromatic carbocycles. The maximum atomic E-state index is 5.13. The molecule has 0 aliphatic heterocycles. The number of thiazole rings is 1. The smallest absolute Gasteiger partial charge is 0.150 e. The van der Waals surface area contributed by atoms with Crippen molar-refractivity contribution in [3.63, 3.8) is 0 Å². The van der Waals surface area contributed by atoms with Gasteiger partial charge in [-0.2, -0.15) is 0 Å². The van der Waals surface area contributed by atoms with Gasteiger partial charge in [-0.1, -0.05) is 5.16 Å². The van der Waals surface area contributed by atoms with Crippen LogP contribution in [0.15, 0.2) is 16.0 Å². The molecule has 5 heteroatoms. The molecule has 4 nitrogen and oxygen atoms in total. The van der Waals surface area contributed by atoms with E-state index in [1.165, 1.54) is 0 Å². The summed E-state index contributed by atoms with van der Waals surface area (Å²) in [4.78, 5) is 4.44. The van der Waals surface area contributed by atoms with Crippen LogP contribution in [0.1, 0.15) is 35.1 Å². The highest BCUT2D eigenvalue weighted by Gasteiger charge is 2.09. The van der Waals surface area contributed by atoms with E-state index >= 15 is 0 Å². The fourth-order valence-corrected chi connectivity index (χ4v) is 2.14. The second kappa shape index (κ2) is 4.76. The second-order valence-corrected chi connectivity index (χ2v) is 4.89. The molecule has 16 heavy (non-hydrogen) atoms. The van der Waals surface area contributed by atoms with Gasteiger partial charge in [0, 0.05) is 17.5 Å². The zero-order chi connectivity index (χ0) is 11.5. The van der Waals surface area contributed by atoms with Gasteiger partial charge >= 0.3 is 0 Å². The molecule has 0 radical (unpaired) electrons. The Morgan fingerprint density at radius 2 is 2.31 bits per heavy atom. The summed E-state index contributed by atoms with van der Waals surface area (Å²) in [5.74, 6) is 0.858. The number of nitrogens with one attached hydrogen (secondary N) is 1. The van der Waals surface area contributed by atoms with Crippen molar-refractivity contribution in [1.29, 1.82) is 0 Å². The highest BCUT2D eigenvalue weighted by atomic mass is 32.1. The van der Waals surface area contributed by atoms with Gasteiger partial charge in [-0.05, 0) is 20.8 Å². The zero-order valence-electron chi connectivity index (χ0n) is 9.65. The van der Waals surface area contributed by atoms with Crippen molar-refractivity contribution >= 4 is 11.3 Å². The van der Waals surface area contributed by atoms with Crippen molar-refractivity contribution in [1.82, 2.24) is 15.5 Å². The first kappa shape index (κ1) is 11.3. The number of rotatable bonds is 4. The van der Waals surface area contributed by atoms with E-state index in [0.717, 1.165) is 22.2 Å². The first-order valence-corrected chi connectivity index (χ1v) is 6.10. The summed E-state index contributed by atoms with van der Waals surface area (Å²) in [5, 5.41) is 10.4. The van der Waals surface area contributed by atoms with E-state index < -0.39 is 0 Å². The molecule has 0 bridgehead atoms. The third kappa shape index (κ3) is 2.68. The number of hydrogen-bond acceptors (Lipinski definition) is 5. The lowest BCUT2D eigenvalue weighted by Gasteiger charge is -2.09. The summed E-state index contributed by atoms with van der Waals surface area (Å²) < 4.78 is 5.13. The lowest BCUT2D eigenvalue weighted by molar-refractivity contribution is 0.362. The van der Waals surface area contributed by atoms with Gasteiger partial charge in [0.15, 0.2) is 5.76 Å². The van der Waals surface area contributed by atoms with E-state index in [1.807, 2.05) is 19.9 Å². The van der Waals surface area contributed by atoms with E-state index in [9.17, 15) is 0 Å². The summed E-state index contributed by atoms with van der Waals surface area (Å²) in [7, 11) is 0. The molecule has 0 saturated heterocycles. The van der Waals surface area contributed by atoms with E-state index in [-0.39, 0.29) is 6.04 Å². The minimum Gasteiger partial charge on any atom is -0.360 e. The van der Waals surface area contributed by atoms with Crippen LogP contribution >= 0.6 is 11.3 Å². The van der Waals surface area contributed by atoms with Crippen molar-refractivity contribution in [3.05, 3.63) is 33.6 Å². The molecule has 86 valence electrons. The number of hydrogen-bond donors (Lipinski definition) is 1. The molecule has 0 amide bonds. The number of aryl methyl sites for hydroxylation is 2. The highest BCUT2D eigenvalue weighted by Crippen LogP contribution is 2.16. The molecule has 0 spiro atoms. The average Bonchev–Trinajstić information content (AvgIpc) is 2.84. The van der Waals surface area contributed by atoms with Gasteiger partial charge in [0.05, 0.1) is 22.9 Å². The molecule has 0 aliphatic rings. The van der Waals surface area contributed by atoms with Gasteiger partial charge in [0.1, 0.15) is 0 Å². The first-order chi connectivity index (χ1) is 7.65. The molecular weight excluding hydrogens is 222 g/mol. The maximum Gasteiger partial charge on any atom is 0.150 e. The Morgan fingerprint density at radius 1 is 1.50 bits per heavy atom. The maximum absolute atomic E-state index is 5.13. The Hall–Kier alpha value is -1.20. The number of nitrogens with zero attached hydrogens (tertiary/aromatic N) is 2. The van der Waals surface area contributed by atoms with Crippen LogP contribution in [0.3, 0.4) is 0 Å². The lowest BCUT2D eigenvalue weighted by atomic mass is 10.2. The first-order valence-electron chi connectivity index (χ1n) is 5.23.